The zero-order valence-corrected chi connectivity index (χ0v) is 22.0. The number of anilines is 1. The van der Waals surface area contributed by atoms with Crippen molar-refractivity contribution in [3.8, 4) is 0 Å². The monoisotopic (exact) mass is 570 g/mol. The molecule has 0 spiro atoms. The molecule has 1 aliphatic carbocycles. The van der Waals surface area contributed by atoms with Crippen molar-refractivity contribution >= 4 is 75.2 Å². The Kier molecular flexibility index (Phi) is 7.32. The molecular weight excluding hydrogens is 549 g/mol. The molecule has 0 bridgehead atoms. The molecule has 2 aromatic rings. The van der Waals surface area contributed by atoms with E-state index in [1.807, 2.05) is 0 Å². The summed E-state index contributed by atoms with van der Waals surface area (Å²) in [5.74, 6) is -1.40. The summed E-state index contributed by atoms with van der Waals surface area (Å²) >= 11 is 4.76. The molecule has 5 rings (SSSR count). The number of nitrogen functional groups attached to an aromatic ring is 1. The van der Waals surface area contributed by atoms with Gasteiger partial charge in [-0.3, -0.25) is 14.4 Å². The fourth-order valence-corrected chi connectivity index (χ4v) is 7.92. The molecule has 3 fully saturated rings. The molecule has 3 atom stereocenters. The number of aromatic nitrogens is 4. The SMILES string of the molecule is Nc1nc(C(=NOC2CCCC2)C(=O)NC2C(=O)N3CC(CSc4ncns4)(C(=O)O)CS[C@H]23)ns1. The van der Waals surface area contributed by atoms with E-state index in [0.29, 0.717) is 4.34 Å². The van der Waals surface area contributed by atoms with Gasteiger partial charge in [0.25, 0.3) is 5.91 Å². The number of nitrogens with one attached hydrogen (secondary N) is 1. The molecule has 17 heteroatoms. The molecule has 2 aromatic heterocycles. The van der Waals surface area contributed by atoms with E-state index in [0.717, 1.165) is 37.2 Å². The van der Waals surface area contributed by atoms with Crippen molar-refractivity contribution in [2.45, 2.75) is 47.5 Å². The Morgan fingerprint density at radius 2 is 2.17 bits per heavy atom. The Morgan fingerprint density at radius 3 is 2.83 bits per heavy atom. The van der Waals surface area contributed by atoms with Gasteiger partial charge in [0, 0.05) is 29.6 Å². The summed E-state index contributed by atoms with van der Waals surface area (Å²) in [4.78, 5) is 53.5. The number of fused-ring (bicyclic) bond motifs is 1. The number of aliphatic carboxylic acids is 1. The van der Waals surface area contributed by atoms with Crippen LogP contribution in [0.4, 0.5) is 5.13 Å². The van der Waals surface area contributed by atoms with E-state index in [1.165, 1.54) is 46.3 Å². The van der Waals surface area contributed by atoms with Gasteiger partial charge < -0.3 is 25.9 Å². The van der Waals surface area contributed by atoms with Crippen molar-refractivity contribution in [2.24, 2.45) is 10.6 Å². The maximum Gasteiger partial charge on any atom is 0.313 e. The second-order valence-corrected chi connectivity index (χ2v) is 12.5. The van der Waals surface area contributed by atoms with E-state index in [-0.39, 0.29) is 52.1 Å². The minimum Gasteiger partial charge on any atom is -0.481 e. The minimum absolute atomic E-state index is 0.0338. The molecule has 192 valence electrons. The lowest BCUT2D eigenvalue weighted by Crippen LogP contribution is -2.74. The minimum atomic E-state index is -1.13. The molecule has 36 heavy (non-hydrogen) atoms. The molecule has 0 radical (unpaired) electrons. The Morgan fingerprint density at radius 1 is 1.36 bits per heavy atom. The Bertz CT molecular complexity index is 1170. The van der Waals surface area contributed by atoms with Gasteiger partial charge in [-0.15, -0.1) is 11.8 Å². The van der Waals surface area contributed by atoms with Crippen LogP contribution in [0.25, 0.3) is 0 Å². The lowest BCUT2D eigenvalue weighted by atomic mass is 9.89. The predicted molar refractivity (Wildman–Crippen MR) is 135 cm³/mol. The maximum atomic E-state index is 13.1. The van der Waals surface area contributed by atoms with Crippen molar-refractivity contribution in [2.75, 3.05) is 23.8 Å². The van der Waals surface area contributed by atoms with E-state index in [9.17, 15) is 19.5 Å². The number of carbonyl (C=O) groups excluding carboxylic acids is 2. The molecule has 2 unspecified atom stereocenters. The van der Waals surface area contributed by atoms with Gasteiger partial charge in [0.1, 0.15) is 29.3 Å². The van der Waals surface area contributed by atoms with Gasteiger partial charge in [-0.1, -0.05) is 16.9 Å². The number of carbonyl (C=O) groups is 3. The number of β-lactam (4-membered cyclic amide) rings is 1. The van der Waals surface area contributed by atoms with E-state index in [4.69, 9.17) is 10.6 Å². The maximum absolute atomic E-state index is 13.1. The summed E-state index contributed by atoms with van der Waals surface area (Å²) < 4.78 is 8.68. The first-order chi connectivity index (χ1) is 17.4. The van der Waals surface area contributed by atoms with Gasteiger partial charge in [0.15, 0.2) is 9.47 Å². The third-order valence-electron chi connectivity index (χ3n) is 6.16. The van der Waals surface area contributed by atoms with Crippen LogP contribution in [-0.2, 0) is 19.2 Å². The molecule has 2 saturated heterocycles. The van der Waals surface area contributed by atoms with Gasteiger partial charge in [0.2, 0.25) is 17.4 Å². The summed E-state index contributed by atoms with van der Waals surface area (Å²) in [6.45, 7) is 0.0485. The molecule has 0 aromatic carbocycles. The largest absolute Gasteiger partial charge is 0.481 e. The Labute approximate surface area is 222 Å². The van der Waals surface area contributed by atoms with Crippen molar-refractivity contribution in [1.82, 2.24) is 28.9 Å². The molecule has 1 saturated carbocycles. The van der Waals surface area contributed by atoms with Crippen LogP contribution in [0.3, 0.4) is 0 Å². The van der Waals surface area contributed by atoms with E-state index >= 15 is 0 Å². The van der Waals surface area contributed by atoms with Crippen LogP contribution in [-0.4, -0.2) is 87.8 Å². The highest BCUT2D eigenvalue weighted by atomic mass is 32.2. The second-order valence-electron chi connectivity index (χ2n) is 8.61. The number of amides is 2. The molecule has 13 nitrogen and oxygen atoms in total. The zero-order valence-electron chi connectivity index (χ0n) is 18.7. The number of oxime groups is 1. The van der Waals surface area contributed by atoms with Crippen LogP contribution in [0.15, 0.2) is 15.8 Å². The summed E-state index contributed by atoms with van der Waals surface area (Å²) in [7, 11) is 0. The van der Waals surface area contributed by atoms with Gasteiger partial charge in [-0.2, -0.15) is 13.7 Å². The van der Waals surface area contributed by atoms with Crippen molar-refractivity contribution < 1.29 is 24.3 Å². The molecule has 4 N–H and O–H groups in total. The Hall–Kier alpha value is -2.50. The lowest BCUT2D eigenvalue weighted by Gasteiger charge is -2.53. The van der Waals surface area contributed by atoms with E-state index in [2.05, 4.69) is 29.2 Å². The molecule has 3 aliphatic rings. The summed E-state index contributed by atoms with van der Waals surface area (Å²) in [5, 5.41) is 16.5. The molecule has 2 aliphatic heterocycles. The second kappa shape index (κ2) is 10.5. The number of carboxylic acids is 1. The predicted octanol–water partition coefficient (Wildman–Crippen LogP) is 0.898. The van der Waals surface area contributed by atoms with Crippen LogP contribution < -0.4 is 11.1 Å². The highest BCUT2D eigenvalue weighted by molar-refractivity contribution is 8.01. The summed E-state index contributed by atoms with van der Waals surface area (Å²) in [6, 6.07) is -0.822. The average Bonchev–Trinajstić information content (AvgIpc) is 3.65. The number of rotatable bonds is 9. The first kappa shape index (κ1) is 25.2. The number of thioether (sulfide) groups is 2. The lowest BCUT2D eigenvalue weighted by molar-refractivity contribution is -0.157. The zero-order chi connectivity index (χ0) is 25.3. The van der Waals surface area contributed by atoms with Gasteiger partial charge in [0.05, 0.1) is 0 Å². The number of hydrogen-bond acceptors (Lipinski definition) is 14. The smallest absolute Gasteiger partial charge is 0.313 e. The third-order valence-corrected chi connectivity index (χ3v) is 10.4. The number of nitrogens with zero attached hydrogens (tertiary/aromatic N) is 6. The van der Waals surface area contributed by atoms with Crippen molar-refractivity contribution in [1.29, 1.82) is 0 Å². The highest BCUT2D eigenvalue weighted by Gasteiger charge is 2.57. The standard InChI is InChI=1S/C19H22N8O5S4/c20-17-24-12(26-35-17)10(25-32-9-3-1-2-4-9)13(28)23-11-14(29)27-5-19(16(30)31,6-33-15(11)27)7-34-18-21-8-22-36-18/h8-9,11,15H,1-7H2,(H,23,28)(H,30,31)(H2,20,24,26)/t11?,15-,19?/m1/s1. The van der Waals surface area contributed by atoms with Crippen LogP contribution >= 0.6 is 46.6 Å². The normalized spacial score (nSPS) is 26.4. The third kappa shape index (κ3) is 5.01. The highest BCUT2D eigenvalue weighted by Crippen LogP contribution is 2.44. The topological polar surface area (TPSA) is 186 Å². The van der Waals surface area contributed by atoms with Gasteiger partial charge in [-0.05, 0) is 37.2 Å². The number of nitrogens with two attached hydrogens (primary N) is 1. The average molecular weight is 571 g/mol. The fraction of sp³-hybridized carbons (Fsp3) is 0.579. The molecule has 2 amide bonds. The van der Waals surface area contributed by atoms with Crippen molar-refractivity contribution in [3.63, 3.8) is 0 Å². The van der Waals surface area contributed by atoms with Crippen LogP contribution in [0, 0.1) is 5.41 Å². The molecule has 4 heterocycles. The first-order valence-electron chi connectivity index (χ1n) is 11.1. The fourth-order valence-electron chi connectivity index (χ4n) is 4.18. The summed E-state index contributed by atoms with van der Waals surface area (Å²) in [5.41, 5.74) is 4.41. The summed E-state index contributed by atoms with van der Waals surface area (Å²) in [6.07, 6.45) is 5.10. The van der Waals surface area contributed by atoms with Crippen molar-refractivity contribution in [3.05, 3.63) is 12.2 Å². The number of hydrogen-bond donors (Lipinski definition) is 3. The quantitative estimate of drug-likeness (QED) is 0.168. The van der Waals surface area contributed by atoms with Crippen LogP contribution in [0.2, 0.25) is 0 Å². The van der Waals surface area contributed by atoms with Crippen LogP contribution in [0.5, 0.6) is 0 Å². The van der Waals surface area contributed by atoms with Gasteiger partial charge >= 0.3 is 5.97 Å². The van der Waals surface area contributed by atoms with Gasteiger partial charge in [-0.25, -0.2) is 4.98 Å². The van der Waals surface area contributed by atoms with E-state index in [1.54, 1.807) is 0 Å². The first-order valence-corrected chi connectivity index (χ1v) is 14.6. The van der Waals surface area contributed by atoms with Crippen LogP contribution in [0.1, 0.15) is 31.5 Å². The number of carboxylic acid groups (broad SMARTS) is 1. The van der Waals surface area contributed by atoms with E-state index < -0.39 is 23.3 Å². The Balaban J connectivity index is 1.25. The molecular formula is C19H22N8O5S4.